The fourth-order valence-electron chi connectivity index (χ4n) is 3.08. The van der Waals surface area contributed by atoms with Gasteiger partial charge in [-0.05, 0) is 36.6 Å². The number of nitrogens with zero attached hydrogens (tertiary/aromatic N) is 3. The maximum atomic E-state index is 12.0. The van der Waals surface area contributed by atoms with E-state index in [0.29, 0.717) is 13.0 Å². The van der Waals surface area contributed by atoms with E-state index in [0.717, 1.165) is 42.0 Å². The molecule has 164 valence electrons. The van der Waals surface area contributed by atoms with Gasteiger partial charge in [0.1, 0.15) is 11.5 Å². The zero-order chi connectivity index (χ0) is 21.9. The first-order valence-corrected chi connectivity index (χ1v) is 10.3. The second-order valence-electron chi connectivity index (χ2n) is 7.17. The standard InChI is InChI=1S/C21H32N6O3/c1-3-4-5-6-7-17-21(23-12-10-20(29)26(2)15-22)27-13-11-16(14-18(27)24-17)8-9-19(28)25-30/h8-9,11,13-14,23,30H,3-7,10,12,15,22H2,1-2H3,(H,25,28)/b9-8+. The Bertz CT molecular complexity index is 877. The van der Waals surface area contributed by atoms with E-state index in [4.69, 9.17) is 15.9 Å². The number of rotatable bonds is 12. The van der Waals surface area contributed by atoms with Crippen LogP contribution in [0, 0.1) is 0 Å². The van der Waals surface area contributed by atoms with Crippen LogP contribution < -0.4 is 16.5 Å². The molecule has 30 heavy (non-hydrogen) atoms. The molecule has 0 aliphatic heterocycles. The Hall–Kier alpha value is -2.91. The van der Waals surface area contributed by atoms with Crippen LogP contribution in [0.4, 0.5) is 5.82 Å². The van der Waals surface area contributed by atoms with Crippen molar-refractivity contribution in [1.82, 2.24) is 19.8 Å². The predicted molar refractivity (Wildman–Crippen MR) is 117 cm³/mol. The largest absolute Gasteiger partial charge is 0.369 e. The molecule has 9 nitrogen and oxygen atoms in total. The van der Waals surface area contributed by atoms with Crippen LogP contribution in [0.3, 0.4) is 0 Å². The van der Waals surface area contributed by atoms with E-state index < -0.39 is 5.91 Å². The van der Waals surface area contributed by atoms with Crippen LogP contribution >= 0.6 is 0 Å². The number of aromatic nitrogens is 2. The average Bonchev–Trinajstić information content (AvgIpc) is 3.10. The number of fused-ring (bicyclic) bond motifs is 1. The molecule has 0 fully saturated rings. The van der Waals surface area contributed by atoms with Gasteiger partial charge in [-0.15, -0.1) is 0 Å². The lowest BCUT2D eigenvalue weighted by Crippen LogP contribution is -2.33. The van der Waals surface area contributed by atoms with Crippen molar-refractivity contribution in [3.8, 4) is 0 Å². The van der Waals surface area contributed by atoms with E-state index in [-0.39, 0.29) is 12.6 Å². The first-order chi connectivity index (χ1) is 14.5. The number of hydrogen-bond acceptors (Lipinski definition) is 6. The third-order valence-corrected chi connectivity index (χ3v) is 4.86. The van der Waals surface area contributed by atoms with Crippen molar-refractivity contribution in [3.63, 3.8) is 0 Å². The molecule has 0 aliphatic carbocycles. The van der Waals surface area contributed by atoms with Crippen molar-refractivity contribution in [2.75, 3.05) is 25.6 Å². The summed E-state index contributed by atoms with van der Waals surface area (Å²) in [5.74, 6) is 0.274. The highest BCUT2D eigenvalue weighted by Crippen LogP contribution is 2.22. The normalized spacial score (nSPS) is 11.2. The van der Waals surface area contributed by atoms with Gasteiger partial charge in [-0.2, -0.15) is 0 Å². The maximum absolute atomic E-state index is 12.0. The number of carbonyl (C=O) groups is 2. The summed E-state index contributed by atoms with van der Waals surface area (Å²) in [5, 5.41) is 12.0. The van der Waals surface area contributed by atoms with E-state index in [1.807, 2.05) is 22.7 Å². The number of amides is 2. The van der Waals surface area contributed by atoms with E-state index >= 15 is 0 Å². The SMILES string of the molecule is CCCCCCc1nc2cc(/C=C/C(=O)NO)ccn2c1NCCC(=O)N(C)CN. The van der Waals surface area contributed by atoms with Gasteiger partial charge in [-0.1, -0.05) is 26.2 Å². The minimum atomic E-state index is -0.593. The minimum Gasteiger partial charge on any atom is -0.369 e. The summed E-state index contributed by atoms with van der Waals surface area (Å²) in [6.45, 7) is 2.86. The number of nitrogens with two attached hydrogens (primary N) is 1. The topological polar surface area (TPSA) is 125 Å². The van der Waals surface area contributed by atoms with Gasteiger partial charge in [0.2, 0.25) is 5.91 Å². The smallest absolute Gasteiger partial charge is 0.267 e. The van der Waals surface area contributed by atoms with Crippen LogP contribution in [-0.2, 0) is 16.0 Å². The molecule has 0 bridgehead atoms. The zero-order valence-corrected chi connectivity index (χ0v) is 17.7. The number of anilines is 1. The van der Waals surface area contributed by atoms with Gasteiger partial charge in [0.15, 0.2) is 0 Å². The fourth-order valence-corrected chi connectivity index (χ4v) is 3.08. The van der Waals surface area contributed by atoms with Crippen LogP contribution in [0.15, 0.2) is 24.4 Å². The Balaban J connectivity index is 2.20. The van der Waals surface area contributed by atoms with Crippen molar-refractivity contribution < 1.29 is 14.8 Å². The third-order valence-electron chi connectivity index (χ3n) is 4.86. The van der Waals surface area contributed by atoms with E-state index in [2.05, 4.69) is 12.2 Å². The number of carbonyl (C=O) groups excluding carboxylic acids is 2. The van der Waals surface area contributed by atoms with Crippen LogP contribution in [0.1, 0.15) is 50.3 Å². The lowest BCUT2D eigenvalue weighted by Gasteiger charge is -2.15. The lowest BCUT2D eigenvalue weighted by atomic mass is 10.1. The quantitative estimate of drug-likeness (QED) is 0.138. The molecule has 0 radical (unpaired) electrons. The number of unbranched alkanes of at least 4 members (excludes halogenated alkanes) is 3. The molecular formula is C21H32N6O3. The van der Waals surface area contributed by atoms with Crippen molar-refractivity contribution in [1.29, 1.82) is 0 Å². The molecule has 5 N–H and O–H groups in total. The van der Waals surface area contributed by atoms with E-state index in [1.165, 1.54) is 23.8 Å². The maximum Gasteiger partial charge on any atom is 0.267 e. The van der Waals surface area contributed by atoms with Crippen molar-refractivity contribution in [2.45, 2.75) is 45.4 Å². The Morgan fingerprint density at radius 3 is 2.83 bits per heavy atom. The average molecular weight is 417 g/mol. The Kier molecular flexibility index (Phi) is 9.30. The van der Waals surface area contributed by atoms with Crippen LogP contribution in [0.5, 0.6) is 0 Å². The molecule has 0 saturated carbocycles. The highest BCUT2D eigenvalue weighted by Gasteiger charge is 2.13. The number of imidazole rings is 1. The summed E-state index contributed by atoms with van der Waals surface area (Å²) in [7, 11) is 1.68. The Morgan fingerprint density at radius 1 is 1.33 bits per heavy atom. The monoisotopic (exact) mass is 416 g/mol. The van der Waals surface area contributed by atoms with Gasteiger partial charge in [0, 0.05) is 32.3 Å². The molecule has 0 unspecified atom stereocenters. The summed E-state index contributed by atoms with van der Waals surface area (Å²) in [6, 6.07) is 3.73. The van der Waals surface area contributed by atoms with Crippen LogP contribution in [0.25, 0.3) is 11.7 Å². The molecule has 2 heterocycles. The second-order valence-corrected chi connectivity index (χ2v) is 7.17. The first kappa shape index (κ1) is 23.4. The van der Waals surface area contributed by atoms with Crippen LogP contribution in [-0.4, -0.2) is 51.6 Å². The number of hydrogen-bond donors (Lipinski definition) is 4. The minimum absolute atomic E-state index is 0.0158. The molecule has 2 amide bonds. The van der Waals surface area contributed by atoms with Gasteiger partial charge in [-0.25, -0.2) is 10.5 Å². The van der Waals surface area contributed by atoms with Gasteiger partial charge in [0.25, 0.3) is 5.91 Å². The van der Waals surface area contributed by atoms with Crippen molar-refractivity contribution in [2.24, 2.45) is 5.73 Å². The first-order valence-electron chi connectivity index (χ1n) is 10.3. The molecule has 9 heteroatoms. The molecule has 2 aromatic heterocycles. The van der Waals surface area contributed by atoms with Crippen molar-refractivity contribution in [3.05, 3.63) is 35.7 Å². The number of aryl methyl sites for hydroxylation is 1. The van der Waals surface area contributed by atoms with Crippen LogP contribution in [0.2, 0.25) is 0 Å². The summed E-state index contributed by atoms with van der Waals surface area (Å²) >= 11 is 0. The number of hydroxylamine groups is 1. The lowest BCUT2D eigenvalue weighted by molar-refractivity contribution is -0.129. The third kappa shape index (κ3) is 6.57. The molecule has 0 aromatic carbocycles. The molecule has 0 spiro atoms. The second kappa shape index (κ2) is 11.9. The summed E-state index contributed by atoms with van der Waals surface area (Å²) in [6.07, 6.45) is 10.5. The highest BCUT2D eigenvalue weighted by atomic mass is 16.5. The Labute approximate surface area is 176 Å². The number of nitrogens with one attached hydrogen (secondary N) is 2. The highest BCUT2D eigenvalue weighted by molar-refractivity contribution is 5.90. The van der Waals surface area contributed by atoms with Gasteiger partial charge >= 0.3 is 0 Å². The molecule has 2 rings (SSSR count). The molecule has 0 saturated heterocycles. The van der Waals surface area contributed by atoms with Gasteiger partial charge < -0.3 is 16.0 Å². The predicted octanol–water partition coefficient (Wildman–Crippen LogP) is 2.15. The molecule has 0 aliphatic rings. The molecule has 0 atom stereocenters. The summed E-state index contributed by atoms with van der Waals surface area (Å²) in [4.78, 5) is 29.5. The van der Waals surface area contributed by atoms with E-state index in [1.54, 1.807) is 18.6 Å². The Morgan fingerprint density at radius 2 is 2.13 bits per heavy atom. The fraction of sp³-hybridized carbons (Fsp3) is 0.476. The van der Waals surface area contributed by atoms with Gasteiger partial charge in [-0.3, -0.25) is 19.2 Å². The molecular weight excluding hydrogens is 384 g/mol. The summed E-state index contributed by atoms with van der Waals surface area (Å²) < 4.78 is 1.95. The summed E-state index contributed by atoms with van der Waals surface area (Å²) in [5.41, 5.74) is 9.58. The molecule has 2 aromatic rings. The number of pyridine rings is 1. The van der Waals surface area contributed by atoms with Crippen molar-refractivity contribution >= 4 is 29.4 Å². The van der Waals surface area contributed by atoms with E-state index in [9.17, 15) is 9.59 Å². The van der Waals surface area contributed by atoms with Gasteiger partial charge in [0.05, 0.1) is 12.4 Å². The zero-order valence-electron chi connectivity index (χ0n) is 17.7.